The van der Waals surface area contributed by atoms with E-state index in [0.29, 0.717) is 36.8 Å². The van der Waals surface area contributed by atoms with Crippen molar-refractivity contribution in [2.24, 2.45) is 0 Å². The molecule has 0 aliphatic carbocycles. The van der Waals surface area contributed by atoms with Crippen molar-refractivity contribution in [3.63, 3.8) is 0 Å². The van der Waals surface area contributed by atoms with Gasteiger partial charge in [0.1, 0.15) is 5.60 Å². The van der Waals surface area contributed by atoms with Gasteiger partial charge in [0.05, 0.1) is 24.0 Å². The van der Waals surface area contributed by atoms with Crippen LogP contribution in [0.5, 0.6) is 0 Å². The van der Waals surface area contributed by atoms with Crippen LogP contribution in [0.25, 0.3) is 0 Å². The van der Waals surface area contributed by atoms with Crippen molar-refractivity contribution >= 4 is 17.7 Å². The van der Waals surface area contributed by atoms with E-state index >= 15 is 0 Å². The van der Waals surface area contributed by atoms with Gasteiger partial charge in [-0.15, -0.1) is 0 Å². The van der Waals surface area contributed by atoms with Gasteiger partial charge in [-0.3, -0.25) is 14.7 Å². The first kappa shape index (κ1) is 25.4. The van der Waals surface area contributed by atoms with Gasteiger partial charge in [-0.1, -0.05) is 60.2 Å². The van der Waals surface area contributed by atoms with E-state index in [9.17, 15) is 9.59 Å². The summed E-state index contributed by atoms with van der Waals surface area (Å²) in [6, 6.07) is 20.1. The molecule has 0 radical (unpaired) electrons. The molecule has 0 unspecified atom stereocenters. The minimum atomic E-state index is -0.644. The highest BCUT2D eigenvalue weighted by Gasteiger charge is 2.27. The van der Waals surface area contributed by atoms with Crippen LogP contribution >= 0.6 is 0 Å². The Bertz CT molecular complexity index is 1200. The third-order valence-electron chi connectivity index (χ3n) is 6.38. The van der Waals surface area contributed by atoms with Crippen LogP contribution in [0.15, 0.2) is 73.1 Å². The van der Waals surface area contributed by atoms with Gasteiger partial charge < -0.3 is 9.64 Å². The summed E-state index contributed by atoms with van der Waals surface area (Å²) in [6.07, 6.45) is 4.57. The molecule has 2 heterocycles. The molecule has 1 saturated heterocycles. The zero-order valence-corrected chi connectivity index (χ0v) is 21.6. The average Bonchev–Trinajstić information content (AvgIpc) is 2.86. The Morgan fingerprint density at radius 2 is 1.72 bits per heavy atom. The first-order valence-electron chi connectivity index (χ1n) is 12.5. The van der Waals surface area contributed by atoms with E-state index in [1.165, 1.54) is 16.0 Å². The Hall–Kier alpha value is -3.67. The number of benzene rings is 2. The van der Waals surface area contributed by atoms with Gasteiger partial charge in [0.25, 0.3) is 5.91 Å². The van der Waals surface area contributed by atoms with E-state index in [0.717, 1.165) is 18.4 Å². The molecule has 3 aromatic rings. The summed E-state index contributed by atoms with van der Waals surface area (Å²) in [7, 11) is 0. The number of amides is 2. The summed E-state index contributed by atoms with van der Waals surface area (Å²) in [6.45, 7) is 9.33. The highest BCUT2D eigenvalue weighted by atomic mass is 16.6. The molecule has 6 nitrogen and oxygen atoms in total. The number of rotatable bonds is 5. The number of hydrogen-bond donors (Lipinski definition) is 0. The molecule has 6 heteroatoms. The van der Waals surface area contributed by atoms with Crippen LogP contribution in [-0.4, -0.2) is 40.6 Å². The number of anilines is 1. The zero-order valence-electron chi connectivity index (χ0n) is 21.6. The number of carbonyl (C=O) groups excluding carboxylic acids is 2. The summed E-state index contributed by atoms with van der Waals surface area (Å²) in [5, 5.41) is 0. The maximum absolute atomic E-state index is 13.4. The number of carbonyl (C=O) groups is 2. The maximum atomic E-state index is 13.4. The largest absolute Gasteiger partial charge is 0.443 e. The number of hydrogen-bond acceptors (Lipinski definition) is 4. The molecule has 1 aliphatic heterocycles. The van der Waals surface area contributed by atoms with Crippen molar-refractivity contribution < 1.29 is 14.3 Å². The molecule has 36 heavy (non-hydrogen) atoms. The zero-order chi connectivity index (χ0) is 25.7. The molecule has 0 spiro atoms. The minimum absolute atomic E-state index is 0.0594. The summed E-state index contributed by atoms with van der Waals surface area (Å²) < 4.78 is 5.67. The molecular weight excluding hydrogens is 450 g/mol. The monoisotopic (exact) mass is 485 g/mol. The van der Waals surface area contributed by atoms with Gasteiger partial charge in [-0.2, -0.15) is 0 Å². The SMILES string of the molecule is Cc1cccc(C2CCN(C(=O)c3cncc(N(Cc4ccccc4)C(=O)OC(C)(C)C)c3)CC2)c1. The van der Waals surface area contributed by atoms with Crippen LogP contribution in [-0.2, 0) is 11.3 Å². The minimum Gasteiger partial charge on any atom is -0.443 e. The number of pyridine rings is 1. The third kappa shape index (κ3) is 6.51. The Kier molecular flexibility index (Phi) is 7.73. The molecular formula is C30H35N3O3. The molecule has 0 bridgehead atoms. The van der Waals surface area contributed by atoms with Crippen LogP contribution in [0.3, 0.4) is 0 Å². The van der Waals surface area contributed by atoms with Crippen molar-refractivity contribution in [1.29, 1.82) is 0 Å². The quantitative estimate of drug-likeness (QED) is 0.422. The molecule has 2 aromatic carbocycles. The van der Waals surface area contributed by atoms with Crippen LogP contribution in [0.2, 0.25) is 0 Å². The molecule has 1 aliphatic rings. The number of aryl methyl sites for hydroxylation is 1. The molecule has 0 N–H and O–H groups in total. The van der Waals surface area contributed by atoms with Gasteiger partial charge >= 0.3 is 6.09 Å². The number of ether oxygens (including phenoxy) is 1. The maximum Gasteiger partial charge on any atom is 0.415 e. The van der Waals surface area contributed by atoms with Crippen molar-refractivity contribution in [3.8, 4) is 0 Å². The van der Waals surface area contributed by atoms with E-state index < -0.39 is 11.7 Å². The van der Waals surface area contributed by atoms with E-state index in [1.807, 2.05) is 56.0 Å². The summed E-state index contributed by atoms with van der Waals surface area (Å²) in [4.78, 5) is 34.2. The van der Waals surface area contributed by atoms with Crippen LogP contribution < -0.4 is 4.90 Å². The highest BCUT2D eigenvalue weighted by Crippen LogP contribution is 2.29. The van der Waals surface area contributed by atoms with Crippen molar-refractivity contribution in [3.05, 3.63) is 95.3 Å². The van der Waals surface area contributed by atoms with E-state index in [-0.39, 0.29) is 5.91 Å². The Morgan fingerprint density at radius 1 is 1.00 bits per heavy atom. The van der Waals surface area contributed by atoms with Gasteiger partial charge in [0.2, 0.25) is 0 Å². The molecule has 0 saturated carbocycles. The van der Waals surface area contributed by atoms with E-state index in [4.69, 9.17) is 4.74 Å². The number of aromatic nitrogens is 1. The van der Waals surface area contributed by atoms with Gasteiger partial charge in [0.15, 0.2) is 0 Å². The predicted molar refractivity (Wildman–Crippen MR) is 142 cm³/mol. The number of piperidine rings is 1. The first-order valence-corrected chi connectivity index (χ1v) is 12.5. The molecule has 188 valence electrons. The molecule has 0 atom stereocenters. The molecule has 2 amide bonds. The van der Waals surface area contributed by atoms with Crippen molar-refractivity contribution in [2.75, 3.05) is 18.0 Å². The highest BCUT2D eigenvalue weighted by molar-refractivity contribution is 5.96. The lowest BCUT2D eigenvalue weighted by atomic mass is 9.88. The van der Waals surface area contributed by atoms with E-state index in [1.54, 1.807) is 18.5 Å². The van der Waals surface area contributed by atoms with Gasteiger partial charge in [0, 0.05) is 19.3 Å². The standard InChI is InChI=1S/C30H35N3O3/c1-22-9-8-12-25(17-22)24-13-15-32(16-14-24)28(34)26-18-27(20-31-19-26)33(29(35)36-30(2,3)4)21-23-10-6-5-7-11-23/h5-12,17-20,24H,13-16,21H2,1-4H3. The van der Waals surface area contributed by atoms with Crippen molar-refractivity contribution in [2.45, 2.75) is 58.6 Å². The van der Waals surface area contributed by atoms with Crippen LogP contribution in [0.4, 0.5) is 10.5 Å². The lowest BCUT2D eigenvalue weighted by Crippen LogP contribution is -2.38. The lowest BCUT2D eigenvalue weighted by molar-refractivity contribution is 0.0576. The third-order valence-corrected chi connectivity index (χ3v) is 6.38. The van der Waals surface area contributed by atoms with Gasteiger partial charge in [-0.05, 0) is 63.6 Å². The molecule has 4 rings (SSSR count). The van der Waals surface area contributed by atoms with Crippen LogP contribution in [0.1, 0.15) is 66.6 Å². The fourth-order valence-corrected chi connectivity index (χ4v) is 4.56. The van der Waals surface area contributed by atoms with Crippen LogP contribution in [0, 0.1) is 6.92 Å². The Morgan fingerprint density at radius 3 is 2.39 bits per heavy atom. The van der Waals surface area contributed by atoms with E-state index in [2.05, 4.69) is 36.2 Å². The molecule has 1 aromatic heterocycles. The average molecular weight is 486 g/mol. The second-order valence-corrected chi connectivity index (χ2v) is 10.5. The summed E-state index contributed by atoms with van der Waals surface area (Å²) in [5.41, 5.74) is 3.93. The number of nitrogens with zero attached hydrogens (tertiary/aromatic N) is 3. The normalized spacial score (nSPS) is 14.4. The smallest absolute Gasteiger partial charge is 0.415 e. The predicted octanol–water partition coefficient (Wildman–Crippen LogP) is 6.35. The Balaban J connectivity index is 1.50. The lowest BCUT2D eigenvalue weighted by Gasteiger charge is -2.32. The fraction of sp³-hybridized carbons (Fsp3) is 0.367. The topological polar surface area (TPSA) is 62.7 Å². The molecule has 1 fully saturated rings. The summed E-state index contributed by atoms with van der Waals surface area (Å²) >= 11 is 0. The number of likely N-dealkylation sites (tertiary alicyclic amines) is 1. The second kappa shape index (κ2) is 10.9. The Labute approximate surface area is 213 Å². The van der Waals surface area contributed by atoms with Crippen molar-refractivity contribution in [1.82, 2.24) is 9.88 Å². The first-order chi connectivity index (χ1) is 17.2. The second-order valence-electron chi connectivity index (χ2n) is 10.5. The summed E-state index contributed by atoms with van der Waals surface area (Å²) in [5.74, 6) is 0.405. The van der Waals surface area contributed by atoms with Gasteiger partial charge in [-0.25, -0.2) is 4.79 Å². The fourth-order valence-electron chi connectivity index (χ4n) is 4.56.